The van der Waals surface area contributed by atoms with Crippen molar-refractivity contribution >= 4 is 48.1 Å². The number of carboxylic acids is 1. The fourth-order valence-corrected chi connectivity index (χ4v) is 8.20. The molecule has 1 aromatic rings. The summed E-state index contributed by atoms with van der Waals surface area (Å²) in [5, 5.41) is 9.80. The molecule has 1 N–H and O–H groups in total. The van der Waals surface area contributed by atoms with E-state index < -0.39 is 58.1 Å². The monoisotopic (exact) mass is 854 g/mol. The van der Waals surface area contributed by atoms with E-state index in [1.54, 1.807) is 32.2 Å². The van der Waals surface area contributed by atoms with Crippen molar-refractivity contribution in [1.82, 2.24) is 4.58 Å². The van der Waals surface area contributed by atoms with Gasteiger partial charge in [-0.2, -0.15) is 0 Å². The molecule has 296 valence electrons. The first kappa shape index (κ1) is 50.2. The summed E-state index contributed by atoms with van der Waals surface area (Å²) >= 11 is 0. The number of rotatable bonds is 20. The summed E-state index contributed by atoms with van der Waals surface area (Å²) < 4.78 is 117. The Balaban J connectivity index is 0.00000541. The van der Waals surface area contributed by atoms with E-state index >= 15 is 0 Å². The molecule has 15 nitrogen and oxygen atoms in total. The predicted octanol–water partition coefficient (Wildman–Crippen LogP) is -2.70. The molecule has 0 saturated carbocycles. The number of allylic oxidation sites excluding steroid dienone is 3. The van der Waals surface area contributed by atoms with Gasteiger partial charge in [-0.1, -0.05) is 18.6 Å². The van der Waals surface area contributed by atoms with E-state index in [-0.39, 0.29) is 84.8 Å². The second-order valence-electron chi connectivity index (χ2n) is 13.2. The van der Waals surface area contributed by atoms with Crippen LogP contribution in [0.5, 0.6) is 0 Å². The third-order valence-electron chi connectivity index (χ3n) is 9.34. The van der Waals surface area contributed by atoms with E-state index in [0.29, 0.717) is 68.2 Å². The maximum atomic E-state index is 12.1. The van der Waals surface area contributed by atoms with E-state index in [1.165, 1.54) is 24.5 Å². The average molecular weight is 855 g/mol. The van der Waals surface area contributed by atoms with Gasteiger partial charge in [-0.15, -0.1) is 0 Å². The Morgan fingerprint density at radius 2 is 1.61 bits per heavy atom. The summed E-state index contributed by atoms with van der Waals surface area (Å²) in [6, 6.07) is 11.3. The summed E-state index contributed by atoms with van der Waals surface area (Å²) in [5.41, 5.74) is 2.23. The summed E-state index contributed by atoms with van der Waals surface area (Å²) in [5.74, 6) is -1.53. The number of unbranched alkanes of at least 4 members (excludes halogenated alkanes) is 2. The Morgan fingerprint density at radius 1 is 0.911 bits per heavy atom. The van der Waals surface area contributed by atoms with Crippen LogP contribution in [0.15, 0.2) is 75.9 Å². The van der Waals surface area contributed by atoms with E-state index in [0.717, 1.165) is 16.5 Å². The molecule has 1 unspecified atom stereocenters. The molecule has 0 amide bonds. The Morgan fingerprint density at radius 3 is 2.25 bits per heavy atom. The van der Waals surface area contributed by atoms with Crippen LogP contribution in [-0.4, -0.2) is 94.8 Å². The number of nitrogens with zero attached hydrogens (tertiary/aromatic N) is 2. The first-order valence-corrected chi connectivity index (χ1v) is 21.8. The first-order chi connectivity index (χ1) is 25.3. The quantitative estimate of drug-likeness (QED) is 0.0527. The summed E-state index contributed by atoms with van der Waals surface area (Å²) in [7, 11) is -12.2. The minimum absolute atomic E-state index is 0. The van der Waals surface area contributed by atoms with Crippen LogP contribution in [0.1, 0.15) is 63.0 Å². The molecule has 0 saturated heterocycles. The molecular formula is C36H44N2Na2O13S3. The Hall–Kier alpha value is -1.91. The number of fused-ring (bicyclic) bond motifs is 2. The number of anilines is 1. The van der Waals surface area contributed by atoms with Crippen molar-refractivity contribution in [3.05, 3.63) is 83.1 Å². The molecule has 3 aliphatic rings. The molecule has 20 heteroatoms. The number of hydrogen-bond acceptors (Lipinski definition) is 13. The molecule has 0 spiro atoms. The fourth-order valence-electron chi connectivity index (χ4n) is 6.72. The zero-order chi connectivity index (χ0) is 39.7. The van der Waals surface area contributed by atoms with Crippen molar-refractivity contribution in [1.29, 1.82) is 0 Å². The van der Waals surface area contributed by atoms with E-state index in [2.05, 4.69) is 0 Å². The van der Waals surface area contributed by atoms with Crippen LogP contribution in [0.3, 0.4) is 0 Å². The van der Waals surface area contributed by atoms with Crippen LogP contribution in [0, 0.1) is 0 Å². The summed E-state index contributed by atoms with van der Waals surface area (Å²) in [6.45, 7) is 3.30. The molecule has 2 heterocycles. The van der Waals surface area contributed by atoms with Gasteiger partial charge in [0.2, 0.25) is 5.36 Å². The molecule has 1 aliphatic carbocycles. The largest absolute Gasteiger partial charge is 1.00 e. The van der Waals surface area contributed by atoms with Crippen molar-refractivity contribution in [2.75, 3.05) is 49.8 Å². The van der Waals surface area contributed by atoms with Gasteiger partial charge in [-0.05, 0) is 80.1 Å². The SMILES string of the molecule is COCC[N+](CCCS(=O)(=O)[O-])=c1ccc2c(/C=C/C=C3/N(CCCCCC(=O)O)c4ccc(S(=O)(=O)[O-])cc4C3(C)CCCS(=O)(=O)[O-])ccoc-2c1.[Na+].[Na+]. The Labute approximate surface area is 372 Å². The maximum Gasteiger partial charge on any atom is 1.00 e. The number of ether oxygens (including phenoxy) is 1. The summed E-state index contributed by atoms with van der Waals surface area (Å²) in [6.07, 6.45) is 8.77. The van der Waals surface area contributed by atoms with Crippen LogP contribution in [0.2, 0.25) is 0 Å². The number of carboxylic acid groups (broad SMARTS) is 1. The smallest absolute Gasteiger partial charge is 0.748 e. The second-order valence-corrected chi connectivity index (χ2v) is 17.7. The van der Waals surface area contributed by atoms with Crippen molar-refractivity contribution < 1.29 is 117 Å². The van der Waals surface area contributed by atoms with Crippen LogP contribution in [-0.2, 0) is 45.3 Å². The molecular weight excluding hydrogens is 811 g/mol. The van der Waals surface area contributed by atoms with Gasteiger partial charge >= 0.3 is 65.1 Å². The molecule has 1 atom stereocenters. The van der Waals surface area contributed by atoms with E-state index in [9.17, 15) is 43.7 Å². The second kappa shape index (κ2) is 21.9. The molecule has 0 fully saturated rings. The van der Waals surface area contributed by atoms with Gasteiger partial charge in [0.05, 0.1) is 37.5 Å². The number of benzene rings is 2. The van der Waals surface area contributed by atoms with Crippen molar-refractivity contribution in [2.45, 2.75) is 62.2 Å². The van der Waals surface area contributed by atoms with E-state index in [1.807, 2.05) is 33.8 Å². The van der Waals surface area contributed by atoms with Crippen LogP contribution < -0.4 is 73.9 Å². The number of hydrogen-bond donors (Lipinski definition) is 1. The third kappa shape index (κ3) is 14.4. The maximum absolute atomic E-state index is 12.1. The van der Waals surface area contributed by atoms with Crippen molar-refractivity contribution in [2.24, 2.45) is 0 Å². The molecule has 1 aromatic carbocycles. The van der Waals surface area contributed by atoms with Crippen LogP contribution >= 0.6 is 0 Å². The molecule has 56 heavy (non-hydrogen) atoms. The zero-order valence-electron chi connectivity index (χ0n) is 32.0. The minimum Gasteiger partial charge on any atom is -0.748 e. The van der Waals surface area contributed by atoms with Gasteiger partial charge < -0.3 is 32.8 Å². The molecule has 0 aromatic heterocycles. The van der Waals surface area contributed by atoms with Crippen LogP contribution in [0.25, 0.3) is 17.4 Å². The normalized spacial score (nSPS) is 17.2. The number of carbonyl (C=O) groups is 1. The summed E-state index contributed by atoms with van der Waals surface area (Å²) in [4.78, 5) is 12.6. The zero-order valence-corrected chi connectivity index (χ0v) is 38.5. The van der Waals surface area contributed by atoms with E-state index in [4.69, 9.17) is 14.3 Å². The van der Waals surface area contributed by atoms with Crippen molar-refractivity contribution in [3.8, 4) is 11.3 Å². The first-order valence-electron chi connectivity index (χ1n) is 17.3. The van der Waals surface area contributed by atoms with Gasteiger partial charge in [-0.25, -0.2) is 29.8 Å². The Kier molecular flexibility index (Phi) is 19.7. The van der Waals surface area contributed by atoms with Crippen LogP contribution in [0.4, 0.5) is 5.69 Å². The molecule has 4 rings (SSSR count). The third-order valence-corrected chi connectivity index (χ3v) is 11.8. The average Bonchev–Trinajstić information content (AvgIpc) is 3.30. The standard InChI is InChI=1S/C36H46N2O13S3.2Na/c1-36(17-7-23-52(41,42)43)31-26-29(54(47,48)49)13-15-32(31)38(19-5-3-4-11-35(39)40)34(36)10-6-9-27-16-21-51-33-25-28(12-14-30(27)33)37(20-22-50-2)18-8-24-53(44,45)46;;/h6,9-10,12-16,21,25-26H,3-5,7-8,11,17-20,22-24H2,1-2H3,(H3-,39,40,41,42,43,44,45,46,47,48,49);;/q;2*+1/p-2. The van der Waals surface area contributed by atoms with Gasteiger partial charge in [0.25, 0.3) is 0 Å². The number of methoxy groups -OCH3 is 1. The fraction of sp³-hybridized carbons (Fsp3) is 0.444. The Bertz CT molecular complexity index is 2260. The molecule has 0 radical (unpaired) electrons. The van der Waals surface area contributed by atoms with Gasteiger partial charge in [0.1, 0.15) is 29.0 Å². The predicted molar refractivity (Wildman–Crippen MR) is 198 cm³/mol. The topological polar surface area (TPSA) is 238 Å². The van der Waals surface area contributed by atoms with Gasteiger partial charge in [-0.3, -0.25) is 4.79 Å². The van der Waals surface area contributed by atoms with Crippen molar-refractivity contribution in [3.63, 3.8) is 0 Å². The van der Waals surface area contributed by atoms with Gasteiger partial charge in [0.15, 0.2) is 6.54 Å². The number of aliphatic carboxylic acids is 1. The van der Waals surface area contributed by atoms with Gasteiger partial charge in [0, 0.05) is 66.4 Å². The minimum atomic E-state index is -4.84. The molecule has 2 aliphatic heterocycles. The molecule has 0 bridgehead atoms.